The van der Waals surface area contributed by atoms with Crippen molar-refractivity contribution < 1.29 is 39.5 Å². The molecule has 116 valence electrons. The molecule has 23 heavy (non-hydrogen) atoms. The first kappa shape index (κ1) is 14.4. The zero-order valence-corrected chi connectivity index (χ0v) is 11.2. The number of phenols is 3. The summed E-state index contributed by atoms with van der Waals surface area (Å²) in [5.74, 6) is -4.10. The van der Waals surface area contributed by atoms with Crippen molar-refractivity contribution in [2.45, 2.75) is 0 Å². The molecule has 3 rings (SSSR count). The molecule has 0 heterocycles. The maximum atomic E-state index is 12.5. The van der Waals surface area contributed by atoms with Gasteiger partial charge in [0.25, 0.3) is 0 Å². The van der Waals surface area contributed by atoms with Gasteiger partial charge in [0.05, 0.1) is 11.1 Å². The van der Waals surface area contributed by atoms with Crippen LogP contribution in [0.5, 0.6) is 23.0 Å². The van der Waals surface area contributed by atoms with Crippen LogP contribution >= 0.6 is 0 Å². The lowest BCUT2D eigenvalue weighted by atomic mass is 9.82. The molecule has 0 bridgehead atoms. The van der Waals surface area contributed by atoms with Crippen molar-refractivity contribution in [2.24, 2.45) is 0 Å². The maximum Gasteiger partial charge on any atom is 0.511 e. The molecule has 1 aliphatic carbocycles. The summed E-state index contributed by atoms with van der Waals surface area (Å²) in [4.78, 5) is 35.5. The summed E-state index contributed by atoms with van der Waals surface area (Å²) in [7, 11) is 0. The van der Waals surface area contributed by atoms with Crippen LogP contribution in [0.15, 0.2) is 24.3 Å². The second-order valence-corrected chi connectivity index (χ2v) is 4.75. The number of carboxylic acid groups (broad SMARTS) is 1. The minimum atomic E-state index is -1.76. The van der Waals surface area contributed by atoms with E-state index in [1.165, 1.54) is 12.1 Å². The topological polar surface area (TPSA) is 141 Å². The van der Waals surface area contributed by atoms with Gasteiger partial charge in [0, 0.05) is 17.2 Å². The average molecular weight is 316 g/mol. The Morgan fingerprint density at radius 2 is 1.57 bits per heavy atom. The van der Waals surface area contributed by atoms with E-state index in [1.54, 1.807) is 0 Å². The maximum absolute atomic E-state index is 12.5. The normalized spacial score (nSPS) is 12.5. The van der Waals surface area contributed by atoms with E-state index in [9.17, 15) is 29.7 Å². The van der Waals surface area contributed by atoms with Crippen molar-refractivity contribution in [3.8, 4) is 23.0 Å². The molecule has 8 heteroatoms. The van der Waals surface area contributed by atoms with Crippen LogP contribution in [0.25, 0.3) is 0 Å². The number of hydrogen-bond donors (Lipinski definition) is 4. The summed E-state index contributed by atoms with van der Waals surface area (Å²) in [6, 6.07) is 4.16. The second kappa shape index (κ2) is 4.73. The van der Waals surface area contributed by atoms with Crippen molar-refractivity contribution in [1.82, 2.24) is 0 Å². The van der Waals surface area contributed by atoms with Crippen LogP contribution in [0.2, 0.25) is 0 Å². The molecule has 0 aromatic heterocycles. The summed E-state index contributed by atoms with van der Waals surface area (Å²) >= 11 is 0. The van der Waals surface area contributed by atoms with E-state index in [2.05, 4.69) is 4.74 Å². The molecule has 0 saturated heterocycles. The first-order valence-corrected chi connectivity index (χ1v) is 6.23. The highest BCUT2D eigenvalue weighted by Gasteiger charge is 2.36. The third-order valence-corrected chi connectivity index (χ3v) is 3.39. The van der Waals surface area contributed by atoms with Crippen LogP contribution in [0.3, 0.4) is 0 Å². The Balaban J connectivity index is 2.30. The van der Waals surface area contributed by atoms with E-state index in [-0.39, 0.29) is 16.9 Å². The molecule has 0 amide bonds. The molecule has 1 aliphatic rings. The van der Waals surface area contributed by atoms with Crippen LogP contribution in [-0.2, 0) is 0 Å². The molecular formula is C15H8O8. The van der Waals surface area contributed by atoms with E-state index < -0.39 is 46.1 Å². The van der Waals surface area contributed by atoms with Gasteiger partial charge < -0.3 is 25.2 Å². The number of fused-ring (bicyclic) bond motifs is 2. The molecule has 8 nitrogen and oxygen atoms in total. The Kier molecular flexibility index (Phi) is 2.96. The van der Waals surface area contributed by atoms with Crippen molar-refractivity contribution >= 4 is 17.7 Å². The first-order chi connectivity index (χ1) is 10.8. The molecule has 4 N–H and O–H groups in total. The Labute approximate surface area is 127 Å². The van der Waals surface area contributed by atoms with Crippen molar-refractivity contribution in [3.05, 3.63) is 46.5 Å². The minimum absolute atomic E-state index is 0.0949. The molecular weight excluding hydrogens is 308 g/mol. The standard InChI is InChI=1S/C15H8O8/c16-5-1-2-6-7(3-5)13(19)10-8(17)4-9(23-15(21)22)14(20)11(10)12(6)18/h1-4,16-17,20H,(H,21,22). The van der Waals surface area contributed by atoms with Crippen LogP contribution in [0, 0.1) is 0 Å². The number of benzene rings is 2. The summed E-state index contributed by atoms with van der Waals surface area (Å²) in [6.07, 6.45) is -1.76. The zero-order valence-electron chi connectivity index (χ0n) is 11.2. The zero-order chi connectivity index (χ0) is 16.9. The van der Waals surface area contributed by atoms with Crippen LogP contribution in [0.1, 0.15) is 31.8 Å². The van der Waals surface area contributed by atoms with E-state index >= 15 is 0 Å². The van der Waals surface area contributed by atoms with Gasteiger partial charge in [-0.3, -0.25) is 9.59 Å². The van der Waals surface area contributed by atoms with Gasteiger partial charge in [0.1, 0.15) is 11.5 Å². The van der Waals surface area contributed by atoms with Crippen LogP contribution in [0.4, 0.5) is 4.79 Å². The SMILES string of the molecule is O=C(O)Oc1cc(O)c2c(c1O)C(=O)c1ccc(O)cc1C2=O. The highest BCUT2D eigenvalue weighted by Crippen LogP contribution is 2.43. The van der Waals surface area contributed by atoms with E-state index in [1.807, 2.05) is 0 Å². The predicted octanol–water partition coefficient (Wildman–Crippen LogP) is 1.64. The minimum Gasteiger partial charge on any atom is -0.508 e. The summed E-state index contributed by atoms with van der Waals surface area (Å²) in [6.45, 7) is 0. The predicted molar refractivity (Wildman–Crippen MR) is 73.4 cm³/mol. The molecule has 0 saturated carbocycles. The van der Waals surface area contributed by atoms with Gasteiger partial charge in [-0.05, 0) is 18.2 Å². The number of hydrogen-bond acceptors (Lipinski definition) is 7. The van der Waals surface area contributed by atoms with Gasteiger partial charge in [-0.2, -0.15) is 0 Å². The Morgan fingerprint density at radius 1 is 0.913 bits per heavy atom. The summed E-state index contributed by atoms with van der Waals surface area (Å²) < 4.78 is 4.29. The van der Waals surface area contributed by atoms with Crippen LogP contribution < -0.4 is 4.74 Å². The first-order valence-electron chi connectivity index (χ1n) is 6.23. The van der Waals surface area contributed by atoms with Gasteiger partial charge in [0.2, 0.25) is 0 Å². The smallest absolute Gasteiger partial charge is 0.508 e. The van der Waals surface area contributed by atoms with Gasteiger partial charge in [0.15, 0.2) is 23.1 Å². The molecule has 0 fully saturated rings. The van der Waals surface area contributed by atoms with Crippen molar-refractivity contribution in [1.29, 1.82) is 0 Å². The molecule has 0 unspecified atom stereocenters. The fourth-order valence-corrected chi connectivity index (χ4v) is 2.44. The molecule has 2 aromatic carbocycles. The quantitative estimate of drug-likeness (QED) is 0.301. The molecule has 0 atom stereocenters. The number of ether oxygens (including phenoxy) is 1. The Hall–Kier alpha value is -3.55. The monoisotopic (exact) mass is 316 g/mol. The van der Waals surface area contributed by atoms with Gasteiger partial charge in [-0.25, -0.2) is 4.79 Å². The van der Waals surface area contributed by atoms with Crippen molar-refractivity contribution in [2.75, 3.05) is 0 Å². The molecule has 0 aliphatic heterocycles. The number of carbonyl (C=O) groups excluding carboxylic acids is 2. The molecule has 0 spiro atoms. The summed E-state index contributed by atoms with van der Waals surface area (Å²) in [5.41, 5.74) is -1.26. The Morgan fingerprint density at radius 3 is 2.22 bits per heavy atom. The average Bonchev–Trinajstić information content (AvgIpc) is 2.47. The van der Waals surface area contributed by atoms with E-state index in [0.29, 0.717) is 0 Å². The van der Waals surface area contributed by atoms with E-state index in [0.717, 1.165) is 12.1 Å². The number of aromatic hydroxyl groups is 3. The largest absolute Gasteiger partial charge is 0.511 e. The lowest BCUT2D eigenvalue weighted by molar-refractivity contribution is 0.0972. The fraction of sp³-hybridized carbons (Fsp3) is 0. The van der Waals surface area contributed by atoms with Crippen molar-refractivity contribution in [3.63, 3.8) is 0 Å². The highest BCUT2D eigenvalue weighted by molar-refractivity contribution is 6.30. The van der Waals surface area contributed by atoms with Crippen LogP contribution in [-0.4, -0.2) is 38.1 Å². The van der Waals surface area contributed by atoms with Gasteiger partial charge in [-0.1, -0.05) is 0 Å². The third kappa shape index (κ3) is 2.04. The highest BCUT2D eigenvalue weighted by atomic mass is 16.7. The Bertz CT molecular complexity index is 897. The van der Waals surface area contributed by atoms with E-state index in [4.69, 9.17) is 5.11 Å². The lowest BCUT2D eigenvalue weighted by Crippen LogP contribution is -2.21. The van der Waals surface area contributed by atoms with Gasteiger partial charge >= 0.3 is 6.16 Å². The fourth-order valence-electron chi connectivity index (χ4n) is 2.44. The number of rotatable bonds is 1. The lowest BCUT2D eigenvalue weighted by Gasteiger charge is -2.20. The number of carbonyl (C=O) groups is 3. The third-order valence-electron chi connectivity index (χ3n) is 3.39. The number of ketones is 2. The molecule has 2 aromatic rings. The van der Waals surface area contributed by atoms with Gasteiger partial charge in [-0.15, -0.1) is 0 Å². The summed E-state index contributed by atoms with van der Waals surface area (Å²) in [5, 5.41) is 38.0. The number of phenolic OH excluding ortho intramolecular Hbond substituents is 3. The molecule has 0 radical (unpaired) electrons. The second-order valence-electron chi connectivity index (χ2n) is 4.75.